The predicted molar refractivity (Wildman–Crippen MR) is 141 cm³/mol. The van der Waals surface area contributed by atoms with E-state index in [0.29, 0.717) is 42.8 Å². The van der Waals surface area contributed by atoms with Crippen LogP contribution in [0.3, 0.4) is 0 Å². The second kappa shape index (κ2) is 9.11. The summed E-state index contributed by atoms with van der Waals surface area (Å²) in [5.41, 5.74) is 8.00. The Morgan fingerprint density at radius 3 is 2.46 bits per heavy atom. The van der Waals surface area contributed by atoms with Crippen LogP contribution in [0, 0.1) is 12.7 Å². The number of halogens is 1. The second-order valence-corrected chi connectivity index (χ2v) is 10.4. The lowest BCUT2D eigenvalue weighted by Crippen LogP contribution is -2.32. The number of carboxylic acid groups (broad SMARTS) is 1. The van der Waals surface area contributed by atoms with E-state index >= 15 is 4.39 Å². The molecule has 11 heteroatoms. The quantitative estimate of drug-likeness (QED) is 0.514. The SMILES string of the molecule is Cc1c(F)c(N2CCc3ccc(N4CC(C(N)=O)OC4=O)cc3CC2)cc2c1c(=O)c(C(=O)O)cn2C1CC1. The molecule has 2 aromatic carbocycles. The van der Waals surface area contributed by atoms with Crippen LogP contribution < -0.4 is 21.0 Å². The molecule has 2 fully saturated rings. The normalized spacial score (nSPS) is 19.1. The summed E-state index contributed by atoms with van der Waals surface area (Å²) in [5, 5.41) is 9.67. The fourth-order valence-corrected chi connectivity index (χ4v) is 5.63. The lowest BCUT2D eigenvalue weighted by Gasteiger charge is -2.25. The molecule has 2 amide bonds. The van der Waals surface area contributed by atoms with Gasteiger partial charge in [0, 0.05) is 36.6 Å². The highest BCUT2D eigenvalue weighted by molar-refractivity contribution is 5.96. The number of hydrogen-bond donors (Lipinski definition) is 2. The number of carbonyl (C=O) groups is 3. The maximum atomic E-state index is 15.8. The Kier molecular flexibility index (Phi) is 5.81. The molecule has 0 spiro atoms. The molecule has 10 nitrogen and oxygen atoms in total. The van der Waals surface area contributed by atoms with Crippen molar-refractivity contribution in [2.75, 3.05) is 29.4 Å². The van der Waals surface area contributed by atoms with Crippen LogP contribution in [0.25, 0.3) is 10.9 Å². The fraction of sp³-hybridized carbons (Fsp3) is 0.357. The van der Waals surface area contributed by atoms with Gasteiger partial charge in [-0.15, -0.1) is 0 Å². The van der Waals surface area contributed by atoms with Gasteiger partial charge in [0.25, 0.3) is 5.91 Å². The van der Waals surface area contributed by atoms with E-state index in [4.69, 9.17) is 10.5 Å². The van der Waals surface area contributed by atoms with Crippen LogP contribution in [0.15, 0.2) is 35.3 Å². The number of pyridine rings is 1. The zero-order valence-electron chi connectivity index (χ0n) is 21.3. The summed E-state index contributed by atoms with van der Waals surface area (Å²) in [6.07, 6.45) is 2.71. The first-order chi connectivity index (χ1) is 18.6. The van der Waals surface area contributed by atoms with Gasteiger partial charge < -0.3 is 25.0 Å². The zero-order chi connectivity index (χ0) is 27.6. The van der Waals surface area contributed by atoms with Gasteiger partial charge in [0.15, 0.2) is 6.10 Å². The second-order valence-electron chi connectivity index (χ2n) is 10.4. The van der Waals surface area contributed by atoms with E-state index in [-0.39, 0.29) is 29.1 Å². The largest absolute Gasteiger partial charge is 0.477 e. The molecule has 1 atom stereocenters. The molecule has 3 aliphatic rings. The maximum Gasteiger partial charge on any atom is 0.415 e. The van der Waals surface area contributed by atoms with E-state index in [2.05, 4.69) is 0 Å². The number of aromatic nitrogens is 1. The zero-order valence-corrected chi connectivity index (χ0v) is 21.3. The Morgan fingerprint density at radius 1 is 1.10 bits per heavy atom. The first kappa shape index (κ1) is 24.9. The summed E-state index contributed by atoms with van der Waals surface area (Å²) in [6, 6.07) is 7.38. The topological polar surface area (TPSA) is 135 Å². The Bertz CT molecular complexity index is 1630. The molecule has 39 heavy (non-hydrogen) atoms. The summed E-state index contributed by atoms with van der Waals surface area (Å²) in [5.74, 6) is -2.55. The van der Waals surface area contributed by atoms with Gasteiger partial charge in [-0.05, 0) is 61.9 Å². The Morgan fingerprint density at radius 2 is 1.82 bits per heavy atom. The molecule has 1 saturated carbocycles. The minimum absolute atomic E-state index is 0.0486. The summed E-state index contributed by atoms with van der Waals surface area (Å²) in [6.45, 7) is 2.60. The number of primary amides is 1. The number of carboxylic acids is 1. The number of hydrogen-bond acceptors (Lipinski definition) is 6. The highest BCUT2D eigenvalue weighted by atomic mass is 19.1. The van der Waals surface area contributed by atoms with Crippen molar-refractivity contribution in [1.29, 1.82) is 0 Å². The van der Waals surface area contributed by atoms with Crippen LogP contribution in [-0.2, 0) is 22.4 Å². The van der Waals surface area contributed by atoms with Crippen molar-refractivity contribution in [3.8, 4) is 0 Å². The van der Waals surface area contributed by atoms with E-state index < -0.39 is 35.3 Å². The molecule has 6 rings (SSSR count). The average Bonchev–Trinajstić information content (AvgIpc) is 3.69. The Labute approximate surface area is 222 Å². The molecule has 3 heterocycles. The van der Waals surface area contributed by atoms with E-state index in [0.717, 1.165) is 24.0 Å². The summed E-state index contributed by atoms with van der Waals surface area (Å²) in [4.78, 5) is 51.8. The highest BCUT2D eigenvalue weighted by Crippen LogP contribution is 2.39. The monoisotopic (exact) mass is 534 g/mol. The standard InChI is InChI=1S/C28H27FN4O6/c1-14-23-20(32(17-4-5-17)12-19(25(23)34)27(36)37)11-21(24(14)29)31-8-6-15-2-3-18(10-16(15)7-9-31)33-13-22(26(30)35)39-28(33)38/h2-3,10-12,17,22H,4-9,13H2,1H3,(H2,30,35)(H,36,37). The van der Waals surface area contributed by atoms with Gasteiger partial charge in [-0.2, -0.15) is 0 Å². The van der Waals surface area contributed by atoms with Gasteiger partial charge >= 0.3 is 12.1 Å². The van der Waals surface area contributed by atoms with Gasteiger partial charge in [0.05, 0.1) is 23.1 Å². The number of nitrogens with two attached hydrogens (primary N) is 1. The van der Waals surface area contributed by atoms with Crippen molar-refractivity contribution in [1.82, 2.24) is 4.57 Å². The van der Waals surface area contributed by atoms with Crippen LogP contribution in [0.4, 0.5) is 20.6 Å². The number of rotatable bonds is 5. The molecular weight excluding hydrogens is 507 g/mol. The minimum atomic E-state index is -1.32. The number of aromatic carboxylic acids is 1. The van der Waals surface area contributed by atoms with Gasteiger partial charge in [-0.1, -0.05) is 6.07 Å². The molecule has 202 valence electrons. The van der Waals surface area contributed by atoms with E-state index in [1.54, 1.807) is 12.1 Å². The molecule has 0 bridgehead atoms. The van der Waals surface area contributed by atoms with Crippen LogP contribution >= 0.6 is 0 Å². The van der Waals surface area contributed by atoms with Crippen molar-refractivity contribution in [2.24, 2.45) is 5.73 Å². The van der Waals surface area contributed by atoms with Gasteiger partial charge in [0.1, 0.15) is 11.4 Å². The molecule has 2 aliphatic heterocycles. The van der Waals surface area contributed by atoms with Crippen molar-refractivity contribution in [3.63, 3.8) is 0 Å². The van der Waals surface area contributed by atoms with Gasteiger partial charge in [-0.3, -0.25) is 14.5 Å². The lowest BCUT2D eigenvalue weighted by molar-refractivity contribution is -0.124. The van der Waals surface area contributed by atoms with Crippen LogP contribution in [0.1, 0.15) is 45.9 Å². The third-order valence-corrected chi connectivity index (χ3v) is 7.92. The van der Waals surface area contributed by atoms with Gasteiger partial charge in [-0.25, -0.2) is 14.0 Å². The lowest BCUT2D eigenvalue weighted by atomic mass is 10.0. The van der Waals surface area contributed by atoms with E-state index in [9.17, 15) is 24.3 Å². The number of anilines is 2. The number of cyclic esters (lactones) is 1. The third kappa shape index (κ3) is 4.18. The van der Waals surface area contributed by atoms with E-state index in [1.165, 1.54) is 18.0 Å². The summed E-state index contributed by atoms with van der Waals surface area (Å²) < 4.78 is 22.7. The molecule has 3 N–H and O–H groups in total. The number of amides is 2. The molecule has 1 unspecified atom stereocenters. The van der Waals surface area contributed by atoms with Crippen LogP contribution in [-0.4, -0.2) is 53.4 Å². The molecule has 3 aromatic rings. The molecule has 1 aromatic heterocycles. The van der Waals surface area contributed by atoms with Gasteiger partial charge in [0.2, 0.25) is 5.43 Å². The smallest absolute Gasteiger partial charge is 0.415 e. The van der Waals surface area contributed by atoms with Crippen molar-refractivity contribution < 1.29 is 28.6 Å². The Hall–Kier alpha value is -4.41. The highest BCUT2D eigenvalue weighted by Gasteiger charge is 2.36. The van der Waals surface area contributed by atoms with Crippen molar-refractivity contribution >= 4 is 40.2 Å². The van der Waals surface area contributed by atoms with Crippen LogP contribution in [0.2, 0.25) is 0 Å². The minimum Gasteiger partial charge on any atom is -0.477 e. The fourth-order valence-electron chi connectivity index (χ4n) is 5.63. The maximum absolute atomic E-state index is 15.8. The summed E-state index contributed by atoms with van der Waals surface area (Å²) in [7, 11) is 0. The number of fused-ring (bicyclic) bond motifs is 2. The Balaban J connectivity index is 1.34. The average molecular weight is 535 g/mol. The van der Waals surface area contributed by atoms with Crippen LogP contribution in [0.5, 0.6) is 0 Å². The van der Waals surface area contributed by atoms with Crippen molar-refractivity contribution in [3.05, 3.63) is 68.8 Å². The number of ether oxygens (including phenoxy) is 1. The number of carbonyl (C=O) groups excluding carboxylic acids is 2. The molecular formula is C28H27FN4O6. The first-order valence-corrected chi connectivity index (χ1v) is 12.9. The molecule has 1 aliphatic carbocycles. The predicted octanol–water partition coefficient (Wildman–Crippen LogP) is 2.90. The van der Waals surface area contributed by atoms with Crippen molar-refractivity contribution in [2.45, 2.75) is 44.8 Å². The molecule has 1 saturated heterocycles. The number of aryl methyl sites for hydroxylation is 1. The molecule has 0 radical (unpaired) electrons. The number of nitrogens with zero attached hydrogens (tertiary/aromatic N) is 3. The summed E-state index contributed by atoms with van der Waals surface area (Å²) >= 11 is 0. The first-order valence-electron chi connectivity index (χ1n) is 12.9. The number of benzene rings is 2. The third-order valence-electron chi connectivity index (χ3n) is 7.92. The van der Waals surface area contributed by atoms with E-state index in [1.807, 2.05) is 21.6 Å².